The van der Waals surface area contributed by atoms with Gasteiger partial charge in [-0.2, -0.15) is 5.10 Å². The van der Waals surface area contributed by atoms with Crippen LogP contribution in [0.5, 0.6) is 0 Å². The molecule has 0 aromatic carbocycles. The Morgan fingerprint density at radius 3 is 2.94 bits per heavy atom. The van der Waals surface area contributed by atoms with E-state index in [2.05, 4.69) is 30.0 Å². The maximum absolute atomic E-state index is 5.82. The highest BCUT2D eigenvalue weighted by Gasteiger charge is 2.24. The fourth-order valence-electron chi connectivity index (χ4n) is 2.57. The Morgan fingerprint density at radius 2 is 2.29 bits per heavy atom. The summed E-state index contributed by atoms with van der Waals surface area (Å²) < 4.78 is 2.03. The molecule has 1 aromatic rings. The van der Waals surface area contributed by atoms with Gasteiger partial charge in [0, 0.05) is 19.3 Å². The molecule has 2 unspecified atom stereocenters. The molecule has 2 heterocycles. The molecule has 0 aliphatic carbocycles. The van der Waals surface area contributed by atoms with Gasteiger partial charge in [0.25, 0.3) is 0 Å². The van der Waals surface area contributed by atoms with Crippen molar-refractivity contribution in [2.45, 2.75) is 26.8 Å². The molecule has 0 spiro atoms. The van der Waals surface area contributed by atoms with Gasteiger partial charge < -0.3 is 10.6 Å². The van der Waals surface area contributed by atoms with E-state index < -0.39 is 0 Å². The number of nitrogens with zero attached hydrogens (tertiary/aromatic N) is 3. The van der Waals surface area contributed by atoms with Gasteiger partial charge in [0.05, 0.1) is 12.7 Å². The lowest BCUT2D eigenvalue weighted by Crippen LogP contribution is -2.43. The molecule has 2 atom stereocenters. The van der Waals surface area contributed by atoms with E-state index in [9.17, 15) is 0 Å². The summed E-state index contributed by atoms with van der Waals surface area (Å²) in [5, 5.41) is 4.32. The van der Waals surface area contributed by atoms with E-state index in [-0.39, 0.29) is 0 Å². The Bertz CT molecular complexity index is 347. The van der Waals surface area contributed by atoms with Gasteiger partial charge in [0.15, 0.2) is 0 Å². The van der Waals surface area contributed by atoms with E-state index in [4.69, 9.17) is 5.73 Å². The summed E-state index contributed by atoms with van der Waals surface area (Å²) in [6, 6.07) is 0. The smallest absolute Gasteiger partial charge is 0.0536 e. The number of hydrogen-bond acceptors (Lipinski definition) is 3. The second-order valence-electron chi connectivity index (χ2n) is 5.34. The van der Waals surface area contributed by atoms with Crippen molar-refractivity contribution in [2.24, 2.45) is 17.6 Å². The zero-order valence-corrected chi connectivity index (χ0v) is 11.0. The van der Waals surface area contributed by atoms with Crippen molar-refractivity contribution in [2.75, 3.05) is 26.2 Å². The molecule has 2 N–H and O–H groups in total. The molecule has 2 rings (SSSR count). The molecule has 17 heavy (non-hydrogen) atoms. The first-order valence-electron chi connectivity index (χ1n) is 6.60. The van der Waals surface area contributed by atoms with Gasteiger partial charge in [0.1, 0.15) is 0 Å². The molecule has 1 aliphatic heterocycles. The molecule has 96 valence electrons. The molecule has 1 fully saturated rings. The number of aromatic nitrogens is 2. The van der Waals surface area contributed by atoms with E-state index >= 15 is 0 Å². The average Bonchev–Trinajstić information content (AvgIpc) is 2.74. The summed E-state index contributed by atoms with van der Waals surface area (Å²) in [4.78, 5) is 2.52. The minimum absolute atomic E-state index is 0.670. The highest BCUT2D eigenvalue weighted by atomic mass is 15.3. The third-order valence-corrected chi connectivity index (χ3v) is 3.91. The summed E-state index contributed by atoms with van der Waals surface area (Å²) in [5.74, 6) is 1.45. The normalized spacial score (nSPS) is 26.3. The molecular formula is C13H24N4. The van der Waals surface area contributed by atoms with Crippen LogP contribution in [0.4, 0.5) is 0 Å². The van der Waals surface area contributed by atoms with Gasteiger partial charge in [-0.15, -0.1) is 0 Å². The van der Waals surface area contributed by atoms with Crippen molar-refractivity contribution in [1.82, 2.24) is 14.7 Å². The lowest BCUT2D eigenvalue weighted by Gasteiger charge is -2.36. The monoisotopic (exact) mass is 236 g/mol. The van der Waals surface area contributed by atoms with E-state index in [0.29, 0.717) is 5.92 Å². The van der Waals surface area contributed by atoms with Gasteiger partial charge in [-0.3, -0.25) is 4.68 Å². The van der Waals surface area contributed by atoms with Crippen LogP contribution in [0.25, 0.3) is 0 Å². The van der Waals surface area contributed by atoms with Crippen LogP contribution >= 0.6 is 0 Å². The van der Waals surface area contributed by atoms with E-state index in [1.807, 2.05) is 10.9 Å². The second-order valence-corrected chi connectivity index (χ2v) is 5.34. The van der Waals surface area contributed by atoms with Gasteiger partial charge in [-0.25, -0.2) is 0 Å². The minimum Gasteiger partial charge on any atom is -0.330 e. The summed E-state index contributed by atoms with van der Waals surface area (Å²) in [5.41, 5.74) is 7.06. The van der Waals surface area contributed by atoms with Gasteiger partial charge in [-0.05, 0) is 43.8 Å². The van der Waals surface area contributed by atoms with Crippen LogP contribution in [0.15, 0.2) is 12.4 Å². The van der Waals surface area contributed by atoms with Crippen LogP contribution in [0.1, 0.15) is 18.9 Å². The first-order valence-corrected chi connectivity index (χ1v) is 6.60. The maximum Gasteiger partial charge on any atom is 0.0536 e. The predicted octanol–water partition coefficient (Wildman–Crippen LogP) is 1.11. The largest absolute Gasteiger partial charge is 0.330 e. The Hall–Kier alpha value is -0.870. The lowest BCUT2D eigenvalue weighted by atomic mass is 9.87. The summed E-state index contributed by atoms with van der Waals surface area (Å²) in [6.45, 7) is 9.65. The van der Waals surface area contributed by atoms with Crippen molar-refractivity contribution in [1.29, 1.82) is 0 Å². The number of likely N-dealkylation sites (tertiary alicyclic amines) is 1. The lowest BCUT2D eigenvalue weighted by molar-refractivity contribution is 0.127. The minimum atomic E-state index is 0.670. The van der Waals surface area contributed by atoms with Crippen LogP contribution in [0, 0.1) is 18.8 Å². The van der Waals surface area contributed by atoms with E-state index in [0.717, 1.165) is 32.1 Å². The van der Waals surface area contributed by atoms with Crippen molar-refractivity contribution in [3.63, 3.8) is 0 Å². The van der Waals surface area contributed by atoms with Gasteiger partial charge >= 0.3 is 0 Å². The standard InChI is InChI=1S/C13H24N4/c1-11-8-15-17(9-11)6-5-16-4-3-12(2)13(7-14)10-16/h8-9,12-13H,3-7,10,14H2,1-2H3. The van der Waals surface area contributed by atoms with Gasteiger partial charge in [0.2, 0.25) is 0 Å². The Kier molecular flexibility index (Phi) is 4.18. The SMILES string of the molecule is Cc1cnn(CCN2CCC(C)C(CN)C2)c1. The third kappa shape index (κ3) is 3.30. The first kappa shape index (κ1) is 12.6. The Morgan fingerprint density at radius 1 is 1.47 bits per heavy atom. The predicted molar refractivity (Wildman–Crippen MR) is 69.7 cm³/mol. The van der Waals surface area contributed by atoms with Crippen LogP contribution in [-0.4, -0.2) is 40.9 Å². The van der Waals surface area contributed by atoms with Crippen LogP contribution in [0.3, 0.4) is 0 Å². The molecule has 1 aliphatic rings. The van der Waals surface area contributed by atoms with Crippen LogP contribution in [-0.2, 0) is 6.54 Å². The van der Waals surface area contributed by atoms with Crippen molar-refractivity contribution in [3.8, 4) is 0 Å². The maximum atomic E-state index is 5.82. The fourth-order valence-corrected chi connectivity index (χ4v) is 2.57. The van der Waals surface area contributed by atoms with Crippen LogP contribution < -0.4 is 5.73 Å². The summed E-state index contributed by atoms with van der Waals surface area (Å²) in [7, 11) is 0. The molecule has 0 amide bonds. The summed E-state index contributed by atoms with van der Waals surface area (Å²) >= 11 is 0. The van der Waals surface area contributed by atoms with E-state index in [1.165, 1.54) is 18.5 Å². The van der Waals surface area contributed by atoms with Crippen molar-refractivity contribution < 1.29 is 0 Å². The van der Waals surface area contributed by atoms with E-state index in [1.54, 1.807) is 0 Å². The topological polar surface area (TPSA) is 47.1 Å². The van der Waals surface area contributed by atoms with Crippen molar-refractivity contribution in [3.05, 3.63) is 18.0 Å². The second kappa shape index (κ2) is 5.65. The molecule has 0 saturated carbocycles. The average molecular weight is 236 g/mol. The zero-order chi connectivity index (χ0) is 12.3. The molecular weight excluding hydrogens is 212 g/mol. The number of nitrogens with two attached hydrogens (primary N) is 1. The zero-order valence-electron chi connectivity index (χ0n) is 11.0. The molecule has 4 heteroatoms. The molecule has 1 aromatic heterocycles. The number of rotatable bonds is 4. The number of piperidine rings is 1. The number of aryl methyl sites for hydroxylation is 1. The quantitative estimate of drug-likeness (QED) is 0.852. The first-order chi connectivity index (χ1) is 8.19. The van der Waals surface area contributed by atoms with Crippen molar-refractivity contribution >= 4 is 0 Å². The molecule has 0 bridgehead atoms. The Labute approximate surface area is 104 Å². The molecule has 0 radical (unpaired) electrons. The van der Waals surface area contributed by atoms with Crippen LogP contribution in [0.2, 0.25) is 0 Å². The highest BCUT2D eigenvalue weighted by molar-refractivity contribution is 4.99. The number of hydrogen-bond donors (Lipinski definition) is 1. The summed E-state index contributed by atoms with van der Waals surface area (Å²) in [6.07, 6.45) is 5.30. The molecule has 4 nitrogen and oxygen atoms in total. The third-order valence-electron chi connectivity index (χ3n) is 3.91. The fraction of sp³-hybridized carbons (Fsp3) is 0.769. The highest BCUT2D eigenvalue weighted by Crippen LogP contribution is 2.21. The Balaban J connectivity index is 1.80. The van der Waals surface area contributed by atoms with Gasteiger partial charge in [-0.1, -0.05) is 6.92 Å². The molecule has 1 saturated heterocycles.